The molecule has 0 unspecified atom stereocenters. The van der Waals surface area contributed by atoms with Crippen LogP contribution < -0.4 is 10.8 Å². The molecule has 2 N–H and O–H groups in total. The molecule has 0 radical (unpaired) electrons. The van der Waals surface area contributed by atoms with Gasteiger partial charge in [0, 0.05) is 6.07 Å². The van der Waals surface area contributed by atoms with E-state index in [4.69, 9.17) is 4.84 Å². The summed E-state index contributed by atoms with van der Waals surface area (Å²) in [4.78, 5) is 28.2. The molecular formula is C16H14F2N2O3. The van der Waals surface area contributed by atoms with Gasteiger partial charge in [-0.05, 0) is 17.7 Å². The second-order valence-electron chi connectivity index (χ2n) is 4.61. The third-order valence-electron chi connectivity index (χ3n) is 2.85. The van der Waals surface area contributed by atoms with Gasteiger partial charge in [0.25, 0.3) is 11.8 Å². The molecule has 0 aliphatic heterocycles. The van der Waals surface area contributed by atoms with Crippen molar-refractivity contribution in [1.29, 1.82) is 0 Å². The molecule has 7 heteroatoms. The van der Waals surface area contributed by atoms with Crippen molar-refractivity contribution in [2.24, 2.45) is 0 Å². The Morgan fingerprint density at radius 1 is 1.04 bits per heavy atom. The van der Waals surface area contributed by atoms with Crippen molar-refractivity contribution in [3.63, 3.8) is 0 Å². The van der Waals surface area contributed by atoms with E-state index in [-0.39, 0.29) is 12.2 Å². The number of halogens is 2. The number of carbonyl (C=O) groups is 2. The fourth-order valence-electron chi connectivity index (χ4n) is 1.74. The van der Waals surface area contributed by atoms with Crippen LogP contribution in [-0.2, 0) is 16.2 Å². The molecule has 0 heterocycles. The summed E-state index contributed by atoms with van der Waals surface area (Å²) in [6, 6.07) is 11.7. The number of hydrogen-bond acceptors (Lipinski definition) is 3. The monoisotopic (exact) mass is 320 g/mol. The number of rotatable bonds is 6. The van der Waals surface area contributed by atoms with Crippen molar-refractivity contribution in [3.8, 4) is 0 Å². The van der Waals surface area contributed by atoms with Gasteiger partial charge in [0.05, 0.1) is 18.7 Å². The third kappa shape index (κ3) is 5.15. The van der Waals surface area contributed by atoms with Crippen molar-refractivity contribution < 1.29 is 23.2 Å². The van der Waals surface area contributed by atoms with Crippen LogP contribution in [0, 0.1) is 11.6 Å². The maximum atomic E-state index is 13.4. The van der Waals surface area contributed by atoms with E-state index < -0.39 is 30.0 Å². The van der Waals surface area contributed by atoms with Crippen LogP contribution >= 0.6 is 0 Å². The van der Waals surface area contributed by atoms with Gasteiger partial charge in [-0.2, -0.15) is 0 Å². The highest BCUT2D eigenvalue weighted by Crippen LogP contribution is 2.09. The highest BCUT2D eigenvalue weighted by Gasteiger charge is 2.13. The molecule has 0 aliphatic rings. The van der Waals surface area contributed by atoms with Crippen molar-refractivity contribution in [2.45, 2.75) is 6.61 Å². The maximum absolute atomic E-state index is 13.4. The number of benzene rings is 2. The minimum Gasteiger partial charge on any atom is -0.343 e. The summed E-state index contributed by atoms with van der Waals surface area (Å²) in [5, 5.41) is 2.21. The van der Waals surface area contributed by atoms with Crippen LogP contribution in [-0.4, -0.2) is 18.4 Å². The lowest BCUT2D eigenvalue weighted by atomic mass is 10.2. The Bertz CT molecular complexity index is 693. The molecule has 0 saturated carbocycles. The molecule has 0 atom stereocenters. The molecular weight excluding hydrogens is 306 g/mol. The van der Waals surface area contributed by atoms with E-state index in [0.717, 1.165) is 17.7 Å². The summed E-state index contributed by atoms with van der Waals surface area (Å²) < 4.78 is 26.1. The fraction of sp³-hybridized carbons (Fsp3) is 0.125. The Hall–Kier alpha value is -2.80. The first-order chi connectivity index (χ1) is 11.1. The van der Waals surface area contributed by atoms with Gasteiger partial charge in [-0.15, -0.1) is 0 Å². The molecule has 2 rings (SSSR count). The topological polar surface area (TPSA) is 67.4 Å². The van der Waals surface area contributed by atoms with Crippen LogP contribution in [0.2, 0.25) is 0 Å². The van der Waals surface area contributed by atoms with Gasteiger partial charge in [-0.25, -0.2) is 14.3 Å². The average molecular weight is 320 g/mol. The fourth-order valence-corrected chi connectivity index (χ4v) is 1.74. The molecule has 2 aromatic carbocycles. The van der Waals surface area contributed by atoms with Crippen LogP contribution in [0.1, 0.15) is 15.9 Å². The molecule has 0 aliphatic carbocycles. The highest BCUT2D eigenvalue weighted by atomic mass is 19.1. The molecule has 0 aromatic heterocycles. The number of carbonyl (C=O) groups excluding carboxylic acids is 2. The normalized spacial score (nSPS) is 10.2. The summed E-state index contributed by atoms with van der Waals surface area (Å²) >= 11 is 0. The molecule has 2 amide bonds. The summed E-state index contributed by atoms with van der Waals surface area (Å²) in [7, 11) is 0. The first-order valence-electron chi connectivity index (χ1n) is 6.74. The predicted molar refractivity (Wildman–Crippen MR) is 78.1 cm³/mol. The lowest BCUT2D eigenvalue weighted by Crippen LogP contribution is -2.37. The van der Waals surface area contributed by atoms with Gasteiger partial charge in [-0.3, -0.25) is 14.4 Å². The number of amides is 2. The van der Waals surface area contributed by atoms with E-state index in [1.54, 1.807) is 0 Å². The highest BCUT2D eigenvalue weighted by molar-refractivity contribution is 5.96. The lowest BCUT2D eigenvalue weighted by molar-refractivity contribution is -0.133. The largest absolute Gasteiger partial charge is 0.343 e. The Labute approximate surface area is 131 Å². The van der Waals surface area contributed by atoms with E-state index in [2.05, 4.69) is 10.8 Å². The minimum atomic E-state index is -0.997. The zero-order valence-corrected chi connectivity index (χ0v) is 12.0. The maximum Gasteiger partial charge on any atom is 0.262 e. The SMILES string of the molecule is O=C(CNC(=O)c1ccc(F)cc1F)NOCc1ccccc1. The second kappa shape index (κ2) is 8.00. The Morgan fingerprint density at radius 2 is 1.78 bits per heavy atom. The van der Waals surface area contributed by atoms with E-state index in [1.807, 2.05) is 30.3 Å². The Morgan fingerprint density at radius 3 is 2.48 bits per heavy atom. The zero-order chi connectivity index (χ0) is 16.7. The molecule has 0 fully saturated rings. The lowest BCUT2D eigenvalue weighted by Gasteiger charge is -2.08. The molecule has 2 aromatic rings. The Balaban J connectivity index is 1.74. The van der Waals surface area contributed by atoms with Crippen LogP contribution in [0.5, 0.6) is 0 Å². The van der Waals surface area contributed by atoms with Gasteiger partial charge in [0.15, 0.2) is 0 Å². The van der Waals surface area contributed by atoms with Crippen LogP contribution in [0.4, 0.5) is 8.78 Å². The molecule has 0 bridgehead atoms. The molecule has 0 saturated heterocycles. The Kier molecular flexibility index (Phi) is 5.76. The summed E-state index contributed by atoms with van der Waals surface area (Å²) in [5.74, 6) is -3.20. The van der Waals surface area contributed by atoms with Gasteiger partial charge < -0.3 is 5.32 Å². The van der Waals surface area contributed by atoms with Crippen molar-refractivity contribution in [2.75, 3.05) is 6.54 Å². The van der Waals surface area contributed by atoms with Crippen LogP contribution in [0.25, 0.3) is 0 Å². The molecule has 0 spiro atoms. The van der Waals surface area contributed by atoms with Gasteiger partial charge >= 0.3 is 0 Å². The first kappa shape index (κ1) is 16.6. The van der Waals surface area contributed by atoms with Crippen molar-refractivity contribution in [1.82, 2.24) is 10.8 Å². The van der Waals surface area contributed by atoms with Gasteiger partial charge in [0.2, 0.25) is 0 Å². The first-order valence-corrected chi connectivity index (χ1v) is 6.74. The zero-order valence-electron chi connectivity index (χ0n) is 12.0. The van der Waals surface area contributed by atoms with Gasteiger partial charge in [-0.1, -0.05) is 30.3 Å². The molecule has 23 heavy (non-hydrogen) atoms. The van der Waals surface area contributed by atoms with E-state index in [9.17, 15) is 18.4 Å². The molecule has 120 valence electrons. The summed E-state index contributed by atoms with van der Waals surface area (Å²) in [5.41, 5.74) is 2.68. The van der Waals surface area contributed by atoms with E-state index >= 15 is 0 Å². The number of nitrogens with one attached hydrogen (secondary N) is 2. The standard InChI is InChI=1S/C16H14F2N2O3/c17-12-6-7-13(14(18)8-12)16(22)19-9-15(21)20-23-10-11-4-2-1-3-5-11/h1-8H,9-10H2,(H,19,22)(H,20,21). The predicted octanol–water partition coefficient (Wildman–Crippen LogP) is 1.94. The summed E-state index contributed by atoms with van der Waals surface area (Å²) in [6.45, 7) is -0.225. The number of hydrogen-bond donors (Lipinski definition) is 2. The summed E-state index contributed by atoms with van der Waals surface area (Å²) in [6.07, 6.45) is 0. The number of hydroxylamine groups is 1. The third-order valence-corrected chi connectivity index (χ3v) is 2.85. The quantitative estimate of drug-likeness (QED) is 0.799. The second-order valence-corrected chi connectivity index (χ2v) is 4.61. The molecule has 5 nitrogen and oxygen atoms in total. The minimum absolute atomic E-state index is 0.174. The van der Waals surface area contributed by atoms with Gasteiger partial charge in [0.1, 0.15) is 11.6 Å². The van der Waals surface area contributed by atoms with Crippen LogP contribution in [0.15, 0.2) is 48.5 Å². The average Bonchev–Trinajstić information content (AvgIpc) is 2.53. The smallest absolute Gasteiger partial charge is 0.262 e. The van der Waals surface area contributed by atoms with E-state index in [0.29, 0.717) is 6.07 Å². The van der Waals surface area contributed by atoms with Crippen molar-refractivity contribution in [3.05, 3.63) is 71.3 Å². The van der Waals surface area contributed by atoms with E-state index in [1.165, 1.54) is 0 Å². The van der Waals surface area contributed by atoms with Crippen LogP contribution in [0.3, 0.4) is 0 Å². The van der Waals surface area contributed by atoms with Crippen molar-refractivity contribution >= 4 is 11.8 Å².